The number of nitrogens with zero attached hydrogens (tertiary/aromatic N) is 6. The van der Waals surface area contributed by atoms with E-state index in [0.29, 0.717) is 57.9 Å². The summed E-state index contributed by atoms with van der Waals surface area (Å²) in [6, 6.07) is 8.53. The monoisotopic (exact) mass is 655 g/mol. The van der Waals surface area contributed by atoms with Crippen LogP contribution in [0.3, 0.4) is 0 Å². The summed E-state index contributed by atoms with van der Waals surface area (Å²) in [6.45, 7) is 9.41. The molecule has 2 aliphatic rings. The largest absolute Gasteiger partial charge is 0.453 e. The van der Waals surface area contributed by atoms with Gasteiger partial charge in [-0.2, -0.15) is 18.0 Å². The van der Waals surface area contributed by atoms with Crippen LogP contribution in [0, 0.1) is 17.1 Å². The van der Waals surface area contributed by atoms with E-state index in [0.717, 1.165) is 25.3 Å². The fourth-order valence-corrected chi connectivity index (χ4v) is 6.69. The summed E-state index contributed by atoms with van der Waals surface area (Å²) < 4.78 is 57.3. The number of halogens is 1. The number of hydrogen-bond donors (Lipinski definition) is 1. The SMILES string of the molecule is CC(C)(C)OC(=O)N1CCN(CCn2cnc3ccc(Oc4c(F)ccc(NS(=O)(=O)N5CCCCC5)c4C#N)cc3c2=O)CC1. The van der Waals surface area contributed by atoms with Crippen molar-refractivity contribution in [2.24, 2.45) is 0 Å². The fourth-order valence-electron chi connectivity index (χ4n) is 5.37. The molecule has 246 valence electrons. The molecule has 15 heteroatoms. The molecule has 2 aromatic carbocycles. The van der Waals surface area contributed by atoms with Gasteiger partial charge in [0, 0.05) is 52.4 Å². The molecule has 1 N–H and O–H groups in total. The second-order valence-corrected chi connectivity index (χ2v) is 14.0. The summed E-state index contributed by atoms with van der Waals surface area (Å²) in [5, 5.41) is 10.1. The molecule has 2 saturated heterocycles. The summed E-state index contributed by atoms with van der Waals surface area (Å²) in [7, 11) is -3.96. The molecule has 2 fully saturated rings. The highest BCUT2D eigenvalue weighted by atomic mass is 32.2. The van der Waals surface area contributed by atoms with Crippen molar-refractivity contribution < 1.29 is 27.1 Å². The van der Waals surface area contributed by atoms with Gasteiger partial charge in [0.05, 0.1) is 22.9 Å². The fraction of sp³-hybridized carbons (Fsp3) is 0.484. The van der Waals surface area contributed by atoms with E-state index in [1.54, 1.807) is 11.0 Å². The Kier molecular flexibility index (Phi) is 9.80. The molecule has 3 aromatic rings. The number of carbonyl (C=O) groups excluding carboxylic acids is 1. The Bertz CT molecular complexity index is 1800. The van der Waals surface area contributed by atoms with E-state index in [1.807, 2.05) is 26.8 Å². The predicted octanol–water partition coefficient (Wildman–Crippen LogP) is 3.89. The lowest BCUT2D eigenvalue weighted by atomic mass is 10.1. The molecular formula is C31H38FN7O6S. The van der Waals surface area contributed by atoms with Crippen LogP contribution < -0.4 is 15.0 Å². The molecule has 0 radical (unpaired) electrons. The summed E-state index contributed by atoms with van der Waals surface area (Å²) in [5.41, 5.74) is -0.917. The number of aromatic nitrogens is 2. The number of nitriles is 1. The number of amides is 1. The highest BCUT2D eigenvalue weighted by molar-refractivity contribution is 7.90. The number of rotatable bonds is 8. The highest BCUT2D eigenvalue weighted by Gasteiger charge is 2.27. The van der Waals surface area contributed by atoms with Crippen LogP contribution in [-0.4, -0.2) is 89.6 Å². The number of fused-ring (bicyclic) bond motifs is 1. The minimum Gasteiger partial charge on any atom is -0.453 e. The van der Waals surface area contributed by atoms with Crippen LogP contribution in [0.2, 0.25) is 0 Å². The zero-order valence-electron chi connectivity index (χ0n) is 26.2. The van der Waals surface area contributed by atoms with Crippen molar-refractivity contribution >= 4 is 32.9 Å². The summed E-state index contributed by atoms with van der Waals surface area (Å²) in [4.78, 5) is 34.0. The maximum absolute atomic E-state index is 15.0. The van der Waals surface area contributed by atoms with Crippen LogP contribution in [0.25, 0.3) is 10.9 Å². The Morgan fingerprint density at radius 1 is 1.04 bits per heavy atom. The first-order valence-electron chi connectivity index (χ1n) is 15.2. The molecule has 5 rings (SSSR count). The Labute approximate surface area is 267 Å². The van der Waals surface area contributed by atoms with Crippen molar-refractivity contribution in [2.75, 3.05) is 50.5 Å². The Morgan fingerprint density at radius 2 is 1.76 bits per heavy atom. The molecule has 0 atom stereocenters. The lowest BCUT2D eigenvalue weighted by Crippen LogP contribution is -2.50. The van der Waals surface area contributed by atoms with E-state index in [9.17, 15) is 27.7 Å². The standard InChI is InChI=1S/C31H38FN7O6S/c1-31(2,3)45-30(41)37-16-13-36(14-17-37)15-18-38-21-34-26-9-7-22(19-23(26)29(38)40)44-28-24(20-33)27(10-8-25(28)32)35-46(42,43)39-11-5-4-6-12-39/h7-10,19,21,35H,4-6,11-18H2,1-3H3. The topological polar surface area (TPSA) is 150 Å². The zero-order valence-corrected chi connectivity index (χ0v) is 27.0. The Morgan fingerprint density at radius 3 is 2.43 bits per heavy atom. The second-order valence-electron chi connectivity index (χ2n) is 12.3. The quantitative estimate of drug-likeness (QED) is 0.381. The van der Waals surface area contributed by atoms with Gasteiger partial charge in [-0.25, -0.2) is 14.2 Å². The molecule has 0 spiro atoms. The van der Waals surface area contributed by atoms with Gasteiger partial charge in [0.1, 0.15) is 23.0 Å². The molecule has 13 nitrogen and oxygen atoms in total. The van der Waals surface area contributed by atoms with Gasteiger partial charge >= 0.3 is 16.3 Å². The molecule has 0 bridgehead atoms. The van der Waals surface area contributed by atoms with Crippen LogP contribution in [0.15, 0.2) is 41.5 Å². The van der Waals surface area contributed by atoms with E-state index in [-0.39, 0.29) is 34.0 Å². The molecule has 1 aromatic heterocycles. The van der Waals surface area contributed by atoms with Crippen molar-refractivity contribution in [2.45, 2.75) is 52.2 Å². The maximum atomic E-state index is 15.0. The third kappa shape index (κ3) is 7.75. The zero-order chi connectivity index (χ0) is 33.1. The number of ether oxygens (including phenoxy) is 2. The lowest BCUT2D eigenvalue weighted by molar-refractivity contribution is 0.0142. The van der Waals surface area contributed by atoms with Crippen LogP contribution >= 0.6 is 0 Å². The van der Waals surface area contributed by atoms with Gasteiger partial charge in [-0.3, -0.25) is 19.0 Å². The van der Waals surface area contributed by atoms with Crippen molar-refractivity contribution in [3.63, 3.8) is 0 Å². The van der Waals surface area contributed by atoms with E-state index in [2.05, 4.69) is 14.6 Å². The van der Waals surface area contributed by atoms with Crippen LogP contribution in [0.5, 0.6) is 11.5 Å². The number of benzene rings is 2. The van der Waals surface area contributed by atoms with Gasteiger partial charge in [0.2, 0.25) is 0 Å². The highest BCUT2D eigenvalue weighted by Crippen LogP contribution is 2.34. The first-order chi connectivity index (χ1) is 21.8. The average molecular weight is 656 g/mol. The van der Waals surface area contributed by atoms with Gasteiger partial charge in [-0.15, -0.1) is 0 Å². The lowest BCUT2D eigenvalue weighted by Gasteiger charge is -2.35. The smallest absolute Gasteiger partial charge is 0.410 e. The van der Waals surface area contributed by atoms with Gasteiger partial charge in [-0.1, -0.05) is 6.42 Å². The number of hydrogen-bond acceptors (Lipinski definition) is 9. The predicted molar refractivity (Wildman–Crippen MR) is 169 cm³/mol. The number of piperazine rings is 1. The van der Waals surface area contributed by atoms with Crippen LogP contribution in [-0.2, 0) is 21.5 Å². The first kappa shape index (κ1) is 33.1. The third-order valence-corrected chi connectivity index (χ3v) is 9.33. The van der Waals surface area contributed by atoms with E-state index < -0.39 is 27.4 Å². The van der Waals surface area contributed by atoms with Crippen LogP contribution in [0.4, 0.5) is 14.9 Å². The van der Waals surface area contributed by atoms with Crippen LogP contribution in [0.1, 0.15) is 45.6 Å². The number of anilines is 1. The van der Waals surface area contributed by atoms with Gasteiger partial charge in [0.25, 0.3) is 5.56 Å². The van der Waals surface area contributed by atoms with Gasteiger partial charge in [0.15, 0.2) is 11.6 Å². The van der Waals surface area contributed by atoms with Crippen molar-refractivity contribution in [3.8, 4) is 17.6 Å². The molecule has 0 saturated carbocycles. The molecule has 2 aliphatic heterocycles. The van der Waals surface area contributed by atoms with E-state index in [4.69, 9.17) is 9.47 Å². The number of piperidine rings is 1. The minimum atomic E-state index is -3.96. The summed E-state index contributed by atoms with van der Waals surface area (Å²) in [6.07, 6.45) is 3.52. The number of nitrogens with one attached hydrogen (secondary N) is 1. The van der Waals surface area contributed by atoms with E-state index >= 15 is 0 Å². The summed E-state index contributed by atoms with van der Waals surface area (Å²) in [5.74, 6) is -1.25. The molecule has 0 aliphatic carbocycles. The molecule has 3 heterocycles. The third-order valence-electron chi connectivity index (χ3n) is 7.81. The molecule has 1 amide bonds. The molecule has 0 unspecified atom stereocenters. The van der Waals surface area contributed by atoms with Gasteiger partial charge in [-0.05, 0) is 63.9 Å². The second kappa shape index (κ2) is 13.6. The summed E-state index contributed by atoms with van der Waals surface area (Å²) >= 11 is 0. The minimum absolute atomic E-state index is 0.0776. The Balaban J connectivity index is 1.29. The average Bonchev–Trinajstić information content (AvgIpc) is 3.02. The number of carbonyl (C=O) groups is 1. The van der Waals surface area contributed by atoms with Crippen molar-refractivity contribution in [1.82, 2.24) is 23.7 Å². The van der Waals surface area contributed by atoms with Crippen molar-refractivity contribution in [1.29, 1.82) is 5.26 Å². The molecule has 46 heavy (non-hydrogen) atoms. The first-order valence-corrected chi connectivity index (χ1v) is 16.7. The Hall–Kier alpha value is -4.26. The van der Waals surface area contributed by atoms with Crippen molar-refractivity contribution in [3.05, 3.63) is 58.4 Å². The van der Waals surface area contributed by atoms with E-state index in [1.165, 1.54) is 33.4 Å². The maximum Gasteiger partial charge on any atom is 0.410 e. The normalized spacial score (nSPS) is 16.6. The van der Waals surface area contributed by atoms with Gasteiger partial charge < -0.3 is 14.4 Å². The molecular weight excluding hydrogens is 617 g/mol.